The number of ether oxygens (including phenoxy) is 2. The van der Waals surface area contributed by atoms with Gasteiger partial charge in [-0.25, -0.2) is 4.79 Å². The average molecular weight is 703 g/mol. The number of carbonyl (C=O) groups excluding carboxylic acids is 2. The fourth-order valence-electron chi connectivity index (χ4n) is 6.20. The van der Waals surface area contributed by atoms with E-state index in [-0.39, 0.29) is 42.8 Å². The third kappa shape index (κ3) is 9.65. The SMILES string of the molecule is CC(=O)[C@@H](Cc1ccccc1)NC(=O)NCc1ccc(C2O[C@H](CSc3ccc(O)cc3)[C@@H](c3ccccc3)[C@H](c3ccc(CO)cc3)O2)cc1. The first-order chi connectivity index (χ1) is 24.9. The molecule has 2 amide bonds. The lowest BCUT2D eigenvalue weighted by atomic mass is 9.84. The number of ketones is 1. The number of aliphatic hydroxyl groups excluding tert-OH is 1. The van der Waals surface area contributed by atoms with E-state index in [1.165, 1.54) is 6.92 Å². The molecule has 1 fully saturated rings. The van der Waals surface area contributed by atoms with Gasteiger partial charge in [-0.1, -0.05) is 109 Å². The summed E-state index contributed by atoms with van der Waals surface area (Å²) in [6, 6.07) is 41.6. The van der Waals surface area contributed by atoms with Crippen LogP contribution in [0.4, 0.5) is 4.79 Å². The van der Waals surface area contributed by atoms with Crippen LogP contribution in [0.15, 0.2) is 138 Å². The number of rotatable bonds is 13. The molecule has 0 bridgehead atoms. The molecule has 1 aliphatic rings. The van der Waals surface area contributed by atoms with E-state index in [2.05, 4.69) is 22.8 Å². The van der Waals surface area contributed by atoms with Crippen molar-refractivity contribution >= 4 is 23.6 Å². The number of hydrogen-bond donors (Lipinski definition) is 4. The van der Waals surface area contributed by atoms with Crippen LogP contribution in [0.25, 0.3) is 0 Å². The van der Waals surface area contributed by atoms with E-state index in [1.807, 2.05) is 109 Å². The Labute approximate surface area is 302 Å². The highest BCUT2D eigenvalue weighted by atomic mass is 32.2. The molecule has 0 aliphatic carbocycles. The molecule has 5 atom stereocenters. The number of phenolic OH excluding ortho intramolecular Hbond substituents is 1. The second kappa shape index (κ2) is 17.3. The Bertz CT molecular complexity index is 1850. The summed E-state index contributed by atoms with van der Waals surface area (Å²) in [6.07, 6.45) is -0.842. The molecule has 262 valence electrons. The zero-order valence-corrected chi connectivity index (χ0v) is 29.2. The first-order valence-electron chi connectivity index (χ1n) is 17.0. The van der Waals surface area contributed by atoms with Gasteiger partial charge in [-0.15, -0.1) is 11.8 Å². The van der Waals surface area contributed by atoms with Gasteiger partial charge in [-0.3, -0.25) is 4.79 Å². The molecule has 1 unspecified atom stereocenters. The molecule has 1 aliphatic heterocycles. The first kappa shape index (κ1) is 35.9. The quantitative estimate of drug-likeness (QED) is 0.0934. The van der Waals surface area contributed by atoms with Crippen molar-refractivity contribution in [1.82, 2.24) is 10.6 Å². The van der Waals surface area contributed by atoms with Crippen LogP contribution in [0.5, 0.6) is 5.75 Å². The monoisotopic (exact) mass is 702 g/mol. The van der Waals surface area contributed by atoms with Gasteiger partial charge in [0.15, 0.2) is 12.1 Å². The van der Waals surface area contributed by atoms with Crippen LogP contribution in [-0.4, -0.2) is 39.9 Å². The highest BCUT2D eigenvalue weighted by Gasteiger charge is 2.41. The Balaban J connectivity index is 1.19. The summed E-state index contributed by atoms with van der Waals surface area (Å²) in [4.78, 5) is 26.0. The topological polar surface area (TPSA) is 117 Å². The van der Waals surface area contributed by atoms with E-state index in [1.54, 1.807) is 23.9 Å². The van der Waals surface area contributed by atoms with Gasteiger partial charge >= 0.3 is 6.03 Å². The van der Waals surface area contributed by atoms with Crippen LogP contribution in [-0.2, 0) is 33.8 Å². The number of amides is 2. The highest BCUT2D eigenvalue weighted by molar-refractivity contribution is 7.99. The Morgan fingerprint density at radius 3 is 2.00 bits per heavy atom. The maximum Gasteiger partial charge on any atom is 0.315 e. The third-order valence-electron chi connectivity index (χ3n) is 9.01. The summed E-state index contributed by atoms with van der Waals surface area (Å²) in [5.74, 6) is 0.619. The number of phenols is 1. The van der Waals surface area contributed by atoms with Crippen LogP contribution in [0, 0.1) is 0 Å². The number of aromatic hydroxyl groups is 1. The van der Waals surface area contributed by atoms with E-state index in [0.717, 1.165) is 38.3 Å². The summed E-state index contributed by atoms with van der Waals surface area (Å²) in [5.41, 5.74) is 5.59. The van der Waals surface area contributed by atoms with Crippen molar-refractivity contribution in [3.05, 3.63) is 167 Å². The van der Waals surface area contributed by atoms with E-state index in [0.29, 0.717) is 12.2 Å². The fraction of sp³-hybridized carbons (Fsp3) is 0.238. The van der Waals surface area contributed by atoms with E-state index in [9.17, 15) is 19.8 Å². The molecule has 51 heavy (non-hydrogen) atoms. The minimum atomic E-state index is -0.669. The van der Waals surface area contributed by atoms with Crippen LogP contribution < -0.4 is 10.6 Å². The van der Waals surface area contributed by atoms with Crippen LogP contribution in [0.1, 0.15) is 58.6 Å². The van der Waals surface area contributed by atoms with Crippen LogP contribution in [0.3, 0.4) is 0 Å². The molecular formula is C42H42N2O6S. The summed E-state index contributed by atoms with van der Waals surface area (Å²) in [5, 5.41) is 25.2. The minimum absolute atomic E-state index is 0.0423. The molecule has 1 saturated heterocycles. The van der Waals surface area contributed by atoms with Crippen molar-refractivity contribution in [2.75, 3.05) is 5.75 Å². The van der Waals surface area contributed by atoms with Gasteiger partial charge in [0, 0.05) is 28.7 Å². The number of hydrogen-bond acceptors (Lipinski definition) is 7. The van der Waals surface area contributed by atoms with Crippen LogP contribution >= 0.6 is 11.8 Å². The summed E-state index contributed by atoms with van der Waals surface area (Å²) in [6.45, 7) is 1.71. The zero-order valence-electron chi connectivity index (χ0n) is 28.4. The van der Waals surface area contributed by atoms with E-state index >= 15 is 0 Å². The largest absolute Gasteiger partial charge is 0.508 e. The molecule has 4 N–H and O–H groups in total. The number of thioether (sulfide) groups is 1. The lowest BCUT2D eigenvalue weighted by Gasteiger charge is -2.43. The fourth-order valence-corrected chi connectivity index (χ4v) is 7.17. The maximum atomic E-state index is 12.8. The lowest BCUT2D eigenvalue weighted by Crippen LogP contribution is -2.46. The van der Waals surface area contributed by atoms with Gasteiger partial charge in [-0.05, 0) is 65.4 Å². The Morgan fingerprint density at radius 2 is 1.35 bits per heavy atom. The molecule has 5 aromatic rings. The molecule has 9 heteroatoms. The normalized spacial score (nSPS) is 19.2. The Kier molecular flexibility index (Phi) is 12.2. The number of Topliss-reactive ketones (excluding diaryl/α,β-unsaturated/α-hetero) is 1. The smallest absolute Gasteiger partial charge is 0.315 e. The third-order valence-corrected chi connectivity index (χ3v) is 10.1. The molecule has 8 nitrogen and oxygen atoms in total. The molecular weight excluding hydrogens is 661 g/mol. The maximum absolute atomic E-state index is 12.8. The summed E-state index contributed by atoms with van der Waals surface area (Å²) in [7, 11) is 0. The standard InChI is InChI=1S/C42H42N2O6S/c1-28(46)37(24-29-8-4-2-5-9-29)44-42(48)43-25-30-12-18-34(19-13-30)41-49-38(27-51-36-22-20-35(47)21-23-36)39(32-10-6-3-7-11-32)40(50-41)33-16-14-31(26-45)15-17-33/h2-23,37-41,45,47H,24-27H2,1H3,(H2,43,44,48)/t37-,38-,39-,40+,41?/m1/s1. The van der Waals surface area contributed by atoms with Crippen LogP contribution in [0.2, 0.25) is 0 Å². The second-order valence-electron chi connectivity index (χ2n) is 12.6. The Morgan fingerprint density at radius 1 is 0.725 bits per heavy atom. The van der Waals surface area contributed by atoms with Crippen molar-refractivity contribution < 1.29 is 29.3 Å². The number of benzene rings is 5. The number of urea groups is 1. The predicted octanol–water partition coefficient (Wildman–Crippen LogP) is 7.62. The van der Waals surface area contributed by atoms with Crippen molar-refractivity contribution in [2.24, 2.45) is 0 Å². The molecule has 1 heterocycles. The molecule has 0 radical (unpaired) electrons. The van der Waals surface area contributed by atoms with Gasteiger partial charge in [0.1, 0.15) is 5.75 Å². The Hall–Kier alpha value is -4.93. The molecule has 0 spiro atoms. The first-order valence-corrected chi connectivity index (χ1v) is 18.0. The predicted molar refractivity (Wildman–Crippen MR) is 198 cm³/mol. The van der Waals surface area contributed by atoms with Gasteiger partial charge in [-0.2, -0.15) is 0 Å². The van der Waals surface area contributed by atoms with E-state index < -0.39 is 18.4 Å². The molecule has 0 aromatic heterocycles. The number of nitrogens with one attached hydrogen (secondary N) is 2. The molecule has 5 aromatic carbocycles. The molecule has 6 rings (SSSR count). The number of carbonyl (C=O) groups is 2. The summed E-state index contributed by atoms with van der Waals surface area (Å²) >= 11 is 1.66. The van der Waals surface area contributed by atoms with Gasteiger partial charge < -0.3 is 30.3 Å². The van der Waals surface area contributed by atoms with Crippen molar-refractivity contribution in [3.8, 4) is 5.75 Å². The van der Waals surface area contributed by atoms with Crippen molar-refractivity contribution in [2.45, 2.75) is 61.8 Å². The van der Waals surface area contributed by atoms with Gasteiger partial charge in [0.25, 0.3) is 0 Å². The minimum Gasteiger partial charge on any atom is -0.508 e. The van der Waals surface area contributed by atoms with Gasteiger partial charge in [0.05, 0.1) is 24.9 Å². The average Bonchev–Trinajstić information content (AvgIpc) is 3.17. The highest BCUT2D eigenvalue weighted by Crippen LogP contribution is 2.48. The summed E-state index contributed by atoms with van der Waals surface area (Å²) < 4.78 is 13.6. The van der Waals surface area contributed by atoms with Gasteiger partial charge in [0.2, 0.25) is 0 Å². The van der Waals surface area contributed by atoms with Crippen molar-refractivity contribution in [3.63, 3.8) is 0 Å². The van der Waals surface area contributed by atoms with E-state index in [4.69, 9.17) is 9.47 Å². The second-order valence-corrected chi connectivity index (χ2v) is 13.7. The van der Waals surface area contributed by atoms with Crippen molar-refractivity contribution in [1.29, 1.82) is 0 Å². The molecule has 0 saturated carbocycles. The lowest BCUT2D eigenvalue weighted by molar-refractivity contribution is -0.255. The zero-order chi connectivity index (χ0) is 35.6. The number of aliphatic hydroxyl groups is 1.